The molecular formula is C10H13NO2. The van der Waals surface area contributed by atoms with E-state index in [2.05, 4.69) is 0 Å². The number of hydrogen-bond donors (Lipinski definition) is 3. The Morgan fingerprint density at radius 3 is 2.85 bits per heavy atom. The van der Waals surface area contributed by atoms with Crippen molar-refractivity contribution in [3.8, 4) is 5.75 Å². The van der Waals surface area contributed by atoms with E-state index in [0.29, 0.717) is 18.6 Å². The average Bonchev–Trinajstić information content (AvgIpc) is 2.09. The summed E-state index contributed by atoms with van der Waals surface area (Å²) in [6.45, 7) is 0. The molecule has 1 aromatic rings. The number of rotatable bonds is 0. The normalized spacial score (nSPS) is 26.9. The van der Waals surface area contributed by atoms with Gasteiger partial charge in [-0.15, -0.1) is 0 Å². The molecule has 0 amide bonds. The molecule has 2 atom stereocenters. The number of benzene rings is 1. The fourth-order valence-electron chi connectivity index (χ4n) is 1.80. The lowest BCUT2D eigenvalue weighted by atomic mass is 9.86. The molecule has 0 aromatic heterocycles. The van der Waals surface area contributed by atoms with Crippen LogP contribution in [0.3, 0.4) is 0 Å². The first-order valence-corrected chi connectivity index (χ1v) is 4.42. The predicted octanol–water partition coefficient (Wildman–Crippen LogP) is 0.179. The Balaban J connectivity index is 2.42. The summed E-state index contributed by atoms with van der Waals surface area (Å²) in [6.07, 6.45) is 0.628. The molecule has 0 radical (unpaired) electrons. The molecule has 13 heavy (non-hydrogen) atoms. The Morgan fingerprint density at radius 2 is 2.08 bits per heavy atom. The molecule has 0 heterocycles. The van der Waals surface area contributed by atoms with Gasteiger partial charge in [0.2, 0.25) is 0 Å². The Hall–Kier alpha value is -1.06. The van der Waals surface area contributed by atoms with Crippen molar-refractivity contribution in [2.75, 3.05) is 0 Å². The van der Waals surface area contributed by atoms with Crippen LogP contribution < -0.4 is 5.73 Å². The number of fused-ring (bicyclic) bond motifs is 1. The van der Waals surface area contributed by atoms with Crippen molar-refractivity contribution >= 4 is 0 Å². The van der Waals surface area contributed by atoms with Gasteiger partial charge in [0, 0.05) is 12.5 Å². The summed E-state index contributed by atoms with van der Waals surface area (Å²) < 4.78 is 0. The van der Waals surface area contributed by atoms with Crippen molar-refractivity contribution in [2.24, 2.45) is 5.73 Å². The summed E-state index contributed by atoms with van der Waals surface area (Å²) in [5.74, 6) is 0.292. The summed E-state index contributed by atoms with van der Waals surface area (Å²) in [6, 6.07) is 5.12. The molecule has 0 unspecified atom stereocenters. The van der Waals surface area contributed by atoms with Crippen LogP contribution in [-0.4, -0.2) is 22.4 Å². The van der Waals surface area contributed by atoms with E-state index in [0.717, 1.165) is 11.1 Å². The lowest BCUT2D eigenvalue weighted by Crippen LogP contribution is -2.41. The highest BCUT2D eigenvalue weighted by Gasteiger charge is 2.25. The standard InChI is InChI=1S/C10H13NO2/c11-8-5-7-6(4-10(8)13)2-1-3-9(7)12/h1-3,8,10,12-13H,4-5,11H2/t8-,10-/m1/s1. The fraction of sp³-hybridized carbons (Fsp3) is 0.400. The number of aliphatic hydroxyl groups is 1. The third kappa shape index (κ3) is 1.41. The highest BCUT2D eigenvalue weighted by molar-refractivity contribution is 5.42. The fourth-order valence-corrected chi connectivity index (χ4v) is 1.80. The number of aliphatic hydroxyl groups excluding tert-OH is 1. The van der Waals surface area contributed by atoms with Gasteiger partial charge >= 0.3 is 0 Å². The summed E-state index contributed by atoms with van der Waals surface area (Å²) in [5, 5.41) is 19.0. The van der Waals surface area contributed by atoms with Crippen molar-refractivity contribution in [3.63, 3.8) is 0 Å². The zero-order valence-corrected chi connectivity index (χ0v) is 7.27. The largest absolute Gasteiger partial charge is 0.508 e. The minimum Gasteiger partial charge on any atom is -0.508 e. The van der Waals surface area contributed by atoms with Crippen LogP contribution in [0.25, 0.3) is 0 Å². The van der Waals surface area contributed by atoms with Gasteiger partial charge in [0.15, 0.2) is 0 Å². The average molecular weight is 179 g/mol. The summed E-state index contributed by atoms with van der Waals surface area (Å²) in [5.41, 5.74) is 7.60. The maximum absolute atomic E-state index is 9.52. The smallest absolute Gasteiger partial charge is 0.119 e. The monoisotopic (exact) mass is 179 g/mol. The highest BCUT2D eigenvalue weighted by Crippen LogP contribution is 2.28. The molecule has 3 nitrogen and oxygen atoms in total. The van der Waals surface area contributed by atoms with Crippen molar-refractivity contribution in [1.82, 2.24) is 0 Å². The van der Waals surface area contributed by atoms with Crippen LogP contribution in [0.5, 0.6) is 5.75 Å². The second-order valence-electron chi connectivity index (χ2n) is 3.55. The molecule has 0 spiro atoms. The van der Waals surface area contributed by atoms with Crippen LogP contribution in [0.2, 0.25) is 0 Å². The van der Waals surface area contributed by atoms with Crippen molar-refractivity contribution in [1.29, 1.82) is 0 Å². The van der Waals surface area contributed by atoms with Crippen molar-refractivity contribution in [3.05, 3.63) is 29.3 Å². The molecular weight excluding hydrogens is 166 g/mol. The van der Waals surface area contributed by atoms with Crippen LogP contribution in [0.1, 0.15) is 11.1 Å². The second-order valence-corrected chi connectivity index (χ2v) is 3.55. The maximum atomic E-state index is 9.52. The lowest BCUT2D eigenvalue weighted by Gasteiger charge is -2.27. The van der Waals surface area contributed by atoms with E-state index in [4.69, 9.17) is 5.73 Å². The molecule has 0 fully saturated rings. The summed E-state index contributed by atoms with van der Waals surface area (Å²) in [4.78, 5) is 0. The first-order chi connectivity index (χ1) is 6.18. The van der Waals surface area contributed by atoms with Gasteiger partial charge in [0.05, 0.1) is 6.10 Å². The minimum atomic E-state index is -0.478. The summed E-state index contributed by atoms with van der Waals surface area (Å²) >= 11 is 0. The molecule has 0 aliphatic heterocycles. The maximum Gasteiger partial charge on any atom is 0.119 e. The van der Waals surface area contributed by atoms with Gasteiger partial charge < -0.3 is 15.9 Å². The first kappa shape index (κ1) is 8.53. The van der Waals surface area contributed by atoms with Crippen molar-refractivity contribution in [2.45, 2.75) is 25.0 Å². The van der Waals surface area contributed by atoms with Gasteiger partial charge in [-0.05, 0) is 23.6 Å². The molecule has 0 bridgehead atoms. The molecule has 0 saturated heterocycles. The van der Waals surface area contributed by atoms with E-state index in [1.807, 2.05) is 6.07 Å². The van der Waals surface area contributed by atoms with Gasteiger partial charge in [0.25, 0.3) is 0 Å². The van der Waals surface area contributed by atoms with E-state index >= 15 is 0 Å². The number of aromatic hydroxyl groups is 1. The molecule has 70 valence electrons. The van der Waals surface area contributed by atoms with E-state index in [-0.39, 0.29) is 6.04 Å². The van der Waals surface area contributed by atoms with Gasteiger partial charge in [-0.3, -0.25) is 0 Å². The molecule has 1 aromatic carbocycles. The van der Waals surface area contributed by atoms with Crippen LogP contribution in [0, 0.1) is 0 Å². The molecule has 1 aliphatic rings. The van der Waals surface area contributed by atoms with Crippen molar-refractivity contribution < 1.29 is 10.2 Å². The Kier molecular flexibility index (Phi) is 1.98. The van der Waals surface area contributed by atoms with E-state index in [9.17, 15) is 10.2 Å². The van der Waals surface area contributed by atoms with E-state index in [1.54, 1.807) is 12.1 Å². The molecule has 4 N–H and O–H groups in total. The lowest BCUT2D eigenvalue weighted by molar-refractivity contribution is 0.136. The Bertz CT molecular complexity index is 325. The van der Waals surface area contributed by atoms with Gasteiger partial charge in [-0.2, -0.15) is 0 Å². The highest BCUT2D eigenvalue weighted by atomic mass is 16.3. The number of phenols is 1. The quantitative estimate of drug-likeness (QED) is 0.532. The first-order valence-electron chi connectivity index (χ1n) is 4.42. The zero-order valence-electron chi connectivity index (χ0n) is 7.27. The van der Waals surface area contributed by atoms with Gasteiger partial charge in [0.1, 0.15) is 5.75 Å². The molecule has 0 saturated carbocycles. The summed E-state index contributed by atoms with van der Waals surface area (Å²) in [7, 11) is 0. The van der Waals surface area contributed by atoms with Crippen LogP contribution >= 0.6 is 0 Å². The zero-order chi connectivity index (χ0) is 9.42. The van der Waals surface area contributed by atoms with Gasteiger partial charge in [-0.25, -0.2) is 0 Å². The predicted molar refractivity (Wildman–Crippen MR) is 49.5 cm³/mol. The SMILES string of the molecule is N[C@@H]1Cc2c(O)cccc2C[C@H]1O. The minimum absolute atomic E-state index is 0.249. The van der Waals surface area contributed by atoms with Crippen LogP contribution in [0.4, 0.5) is 0 Å². The van der Waals surface area contributed by atoms with E-state index in [1.165, 1.54) is 0 Å². The molecule has 3 heteroatoms. The number of hydrogen-bond acceptors (Lipinski definition) is 3. The van der Waals surface area contributed by atoms with Gasteiger partial charge in [-0.1, -0.05) is 12.1 Å². The Morgan fingerprint density at radius 1 is 1.31 bits per heavy atom. The third-order valence-electron chi connectivity index (χ3n) is 2.61. The second kappa shape index (κ2) is 3.01. The van der Waals surface area contributed by atoms with E-state index < -0.39 is 6.10 Å². The Labute approximate surface area is 76.8 Å². The third-order valence-corrected chi connectivity index (χ3v) is 2.61. The molecule has 1 aliphatic carbocycles. The topological polar surface area (TPSA) is 66.5 Å². The molecule has 2 rings (SSSR count). The van der Waals surface area contributed by atoms with Crippen LogP contribution in [0.15, 0.2) is 18.2 Å². The van der Waals surface area contributed by atoms with Crippen LogP contribution in [-0.2, 0) is 12.8 Å². The number of nitrogens with two attached hydrogens (primary N) is 1. The number of phenolic OH excluding ortho intramolecular Hbond substituents is 1.